The van der Waals surface area contributed by atoms with Gasteiger partial charge in [0.05, 0.1) is 19.8 Å². The predicted molar refractivity (Wildman–Crippen MR) is 101 cm³/mol. The number of hydrogen-bond acceptors (Lipinski definition) is 16. The van der Waals surface area contributed by atoms with Gasteiger partial charge in [0.15, 0.2) is 18.9 Å². The second-order valence-electron chi connectivity index (χ2n) is 8.33. The zero-order valence-electron chi connectivity index (χ0n) is 17.7. The van der Waals surface area contributed by atoms with Crippen molar-refractivity contribution in [1.29, 1.82) is 0 Å². The van der Waals surface area contributed by atoms with Crippen molar-refractivity contribution in [1.82, 2.24) is 0 Å². The highest BCUT2D eigenvalue weighted by Crippen LogP contribution is 2.32. The van der Waals surface area contributed by atoms with Gasteiger partial charge in [0.1, 0.15) is 73.2 Å². The monoisotopic (exact) mass is 504 g/mol. The molecule has 200 valence electrons. The third kappa shape index (κ3) is 5.37. The van der Waals surface area contributed by atoms with Crippen molar-refractivity contribution in [2.75, 3.05) is 19.8 Å². The summed E-state index contributed by atoms with van der Waals surface area (Å²) < 4.78 is 26.5. The first-order valence-corrected chi connectivity index (χ1v) is 10.6. The summed E-state index contributed by atoms with van der Waals surface area (Å²) >= 11 is 0. The Bertz CT molecular complexity index is 637. The Morgan fingerprint density at radius 3 is 1.24 bits per heavy atom. The van der Waals surface area contributed by atoms with Gasteiger partial charge in [0.2, 0.25) is 0 Å². The lowest BCUT2D eigenvalue weighted by molar-refractivity contribution is -0.387. The van der Waals surface area contributed by atoms with Gasteiger partial charge in [-0.25, -0.2) is 0 Å². The summed E-state index contributed by atoms with van der Waals surface area (Å²) in [6, 6.07) is 0. The fraction of sp³-hybridized carbons (Fsp3) is 1.00. The van der Waals surface area contributed by atoms with Gasteiger partial charge in [-0.3, -0.25) is 0 Å². The Labute approximate surface area is 192 Å². The molecular formula is C18H32O16. The lowest BCUT2D eigenvalue weighted by Crippen LogP contribution is -2.67. The van der Waals surface area contributed by atoms with Crippen LogP contribution >= 0.6 is 0 Å². The van der Waals surface area contributed by atoms with Crippen LogP contribution in [0.3, 0.4) is 0 Å². The number of hydrogen-bond donors (Lipinski definition) is 11. The van der Waals surface area contributed by atoms with Crippen LogP contribution < -0.4 is 0 Å². The first kappa shape index (κ1) is 27.9. The number of rotatable bonds is 7. The van der Waals surface area contributed by atoms with Crippen molar-refractivity contribution in [3.05, 3.63) is 0 Å². The normalized spacial score (nSPS) is 52.5. The van der Waals surface area contributed by atoms with Crippen molar-refractivity contribution in [3.63, 3.8) is 0 Å². The van der Waals surface area contributed by atoms with Crippen molar-refractivity contribution >= 4 is 0 Å². The molecule has 16 nitrogen and oxygen atoms in total. The Hall–Kier alpha value is -0.640. The van der Waals surface area contributed by atoms with Crippen LogP contribution in [0, 0.1) is 0 Å². The van der Waals surface area contributed by atoms with E-state index in [1.807, 2.05) is 0 Å². The Morgan fingerprint density at radius 1 is 0.441 bits per heavy atom. The molecule has 0 aromatic carbocycles. The minimum absolute atomic E-state index is 0.769. The SMILES string of the molecule is OC[C@H]1O[C@@H](O)[C@H](O[C@@H]2O[C@H](CO)[C@@H](O)[C@H](O)[C@H]2O)[C@@H](O[C@@H]2O[C@H](CO)[C@@H](O)[C@H](O)[C@H]2O)[C@H]1O. The quantitative estimate of drug-likeness (QED) is 0.154. The molecule has 16 heteroatoms. The molecule has 0 radical (unpaired) electrons. The van der Waals surface area contributed by atoms with Crippen LogP contribution in [0.5, 0.6) is 0 Å². The van der Waals surface area contributed by atoms with E-state index < -0.39 is 112 Å². The first-order valence-electron chi connectivity index (χ1n) is 10.6. The fourth-order valence-corrected chi connectivity index (χ4v) is 4.03. The lowest BCUT2D eigenvalue weighted by Gasteiger charge is -2.48. The largest absolute Gasteiger partial charge is 0.394 e. The van der Waals surface area contributed by atoms with Gasteiger partial charge in [-0.2, -0.15) is 0 Å². The molecule has 3 fully saturated rings. The minimum Gasteiger partial charge on any atom is -0.394 e. The second-order valence-corrected chi connectivity index (χ2v) is 8.33. The van der Waals surface area contributed by atoms with E-state index in [0.29, 0.717) is 0 Å². The van der Waals surface area contributed by atoms with Crippen LogP contribution in [0.4, 0.5) is 0 Å². The highest BCUT2D eigenvalue weighted by molar-refractivity contribution is 4.96. The maximum absolute atomic E-state index is 10.6. The molecule has 3 rings (SSSR count). The third-order valence-electron chi connectivity index (χ3n) is 6.10. The molecule has 0 amide bonds. The average Bonchev–Trinajstić information content (AvgIpc) is 2.83. The Kier molecular flexibility index (Phi) is 9.54. The highest BCUT2D eigenvalue weighted by Gasteiger charge is 2.53. The second kappa shape index (κ2) is 11.6. The van der Waals surface area contributed by atoms with Crippen LogP contribution in [0.15, 0.2) is 0 Å². The standard InChI is InChI=1S/C18H32O16/c19-1-4-7(22)10(25)12(27)17(31-4)33-14-9(24)6(3-21)30-16(29)15(14)34-18-13(28)11(26)8(23)5(2-20)32-18/h4-29H,1-3H2/t4-,5-,6-,7-,8-,9+,10+,11+,12-,13-,14+,15-,16-,17+,18+/m1/s1. The highest BCUT2D eigenvalue weighted by atomic mass is 16.8. The van der Waals surface area contributed by atoms with E-state index in [1.165, 1.54) is 0 Å². The van der Waals surface area contributed by atoms with E-state index in [9.17, 15) is 56.2 Å². The van der Waals surface area contributed by atoms with Gasteiger partial charge in [-0.1, -0.05) is 0 Å². The van der Waals surface area contributed by atoms with E-state index in [2.05, 4.69) is 0 Å². The van der Waals surface area contributed by atoms with E-state index in [4.69, 9.17) is 23.7 Å². The van der Waals surface area contributed by atoms with Gasteiger partial charge in [0, 0.05) is 0 Å². The van der Waals surface area contributed by atoms with Crippen LogP contribution in [-0.2, 0) is 23.7 Å². The molecule has 0 bridgehead atoms. The molecule has 0 aromatic heterocycles. The summed E-state index contributed by atoms with van der Waals surface area (Å²) in [6.45, 7) is -2.33. The number of aliphatic hydroxyl groups is 11. The molecule has 0 aliphatic carbocycles. The molecule has 11 N–H and O–H groups in total. The van der Waals surface area contributed by atoms with Crippen molar-refractivity contribution in [2.45, 2.75) is 92.1 Å². The molecule has 0 saturated carbocycles. The van der Waals surface area contributed by atoms with Crippen LogP contribution in [0.2, 0.25) is 0 Å². The first-order chi connectivity index (χ1) is 16.0. The summed E-state index contributed by atoms with van der Waals surface area (Å²) in [4.78, 5) is 0. The topological polar surface area (TPSA) is 269 Å². The summed E-state index contributed by atoms with van der Waals surface area (Å²) in [5.74, 6) is 0. The zero-order chi connectivity index (χ0) is 25.3. The van der Waals surface area contributed by atoms with E-state index in [1.54, 1.807) is 0 Å². The third-order valence-corrected chi connectivity index (χ3v) is 6.10. The van der Waals surface area contributed by atoms with E-state index in [0.717, 1.165) is 0 Å². The van der Waals surface area contributed by atoms with Crippen LogP contribution in [0.25, 0.3) is 0 Å². The zero-order valence-corrected chi connectivity index (χ0v) is 17.7. The van der Waals surface area contributed by atoms with Gasteiger partial charge < -0.3 is 79.9 Å². The molecule has 0 spiro atoms. The summed E-state index contributed by atoms with van der Waals surface area (Å²) in [5.41, 5.74) is 0. The summed E-state index contributed by atoms with van der Waals surface area (Å²) in [6.07, 6.45) is -25.6. The van der Waals surface area contributed by atoms with Crippen molar-refractivity contribution < 1.29 is 79.9 Å². The minimum atomic E-state index is -1.94. The Balaban J connectivity index is 1.83. The average molecular weight is 504 g/mol. The molecule has 34 heavy (non-hydrogen) atoms. The molecule has 3 aliphatic heterocycles. The summed E-state index contributed by atoms with van der Waals surface area (Å²) in [7, 11) is 0. The fourth-order valence-electron chi connectivity index (χ4n) is 4.03. The predicted octanol–water partition coefficient (Wildman–Crippen LogP) is -7.57. The van der Waals surface area contributed by atoms with E-state index in [-0.39, 0.29) is 0 Å². The molecule has 15 atom stereocenters. The van der Waals surface area contributed by atoms with Crippen molar-refractivity contribution in [2.24, 2.45) is 0 Å². The number of aliphatic hydroxyl groups excluding tert-OH is 11. The number of ether oxygens (including phenoxy) is 5. The molecule has 3 aliphatic rings. The summed E-state index contributed by atoms with van der Waals surface area (Å²) in [5, 5.41) is 109. The van der Waals surface area contributed by atoms with Gasteiger partial charge in [0.25, 0.3) is 0 Å². The molecule has 3 heterocycles. The van der Waals surface area contributed by atoms with Crippen LogP contribution in [0.1, 0.15) is 0 Å². The van der Waals surface area contributed by atoms with Crippen molar-refractivity contribution in [3.8, 4) is 0 Å². The van der Waals surface area contributed by atoms with Gasteiger partial charge in [-0.15, -0.1) is 0 Å². The molecule has 0 unspecified atom stereocenters. The van der Waals surface area contributed by atoms with Crippen LogP contribution in [-0.4, -0.2) is 168 Å². The lowest BCUT2D eigenvalue weighted by atomic mass is 9.96. The smallest absolute Gasteiger partial charge is 0.187 e. The molecular weight excluding hydrogens is 472 g/mol. The molecule has 3 saturated heterocycles. The maximum atomic E-state index is 10.6. The van der Waals surface area contributed by atoms with Gasteiger partial charge in [-0.05, 0) is 0 Å². The van der Waals surface area contributed by atoms with Gasteiger partial charge >= 0.3 is 0 Å². The molecule has 0 aromatic rings. The Morgan fingerprint density at radius 2 is 0.824 bits per heavy atom. The van der Waals surface area contributed by atoms with E-state index >= 15 is 0 Å². The maximum Gasteiger partial charge on any atom is 0.187 e.